The van der Waals surface area contributed by atoms with E-state index in [0.29, 0.717) is 28.6 Å². The average molecular weight is 402 g/mol. The molecule has 1 amide bonds. The summed E-state index contributed by atoms with van der Waals surface area (Å²) in [4.78, 5) is 17.8. The number of nitrogens with zero attached hydrogens (tertiary/aromatic N) is 1. The van der Waals surface area contributed by atoms with Gasteiger partial charge in [0.15, 0.2) is 16.6 Å². The Morgan fingerprint density at radius 3 is 2.57 bits per heavy atom. The standard InChI is InChI=1S/C20H19FN2O4S/c1-25-16-8-7-15(17(26-2)18(16)27-3)19(24)23-20-22-11-14(28-20)10-12-5-4-6-13(21)9-12/h4-9,11H,10H2,1-3H3,(H,22,23,24). The Morgan fingerprint density at radius 1 is 1.11 bits per heavy atom. The van der Waals surface area contributed by atoms with E-state index in [4.69, 9.17) is 14.2 Å². The lowest BCUT2D eigenvalue weighted by atomic mass is 10.1. The molecule has 28 heavy (non-hydrogen) atoms. The average Bonchev–Trinajstić information content (AvgIpc) is 3.13. The number of rotatable bonds is 7. The molecular weight excluding hydrogens is 383 g/mol. The molecule has 0 aliphatic carbocycles. The van der Waals surface area contributed by atoms with Gasteiger partial charge in [0, 0.05) is 17.5 Å². The van der Waals surface area contributed by atoms with Gasteiger partial charge in [-0.25, -0.2) is 9.37 Å². The first kappa shape index (κ1) is 19.6. The maximum Gasteiger partial charge on any atom is 0.261 e. The normalized spacial score (nSPS) is 10.4. The minimum Gasteiger partial charge on any atom is -0.493 e. The van der Waals surface area contributed by atoms with E-state index in [1.165, 1.54) is 44.8 Å². The third-order valence-corrected chi connectivity index (χ3v) is 4.90. The number of hydrogen-bond donors (Lipinski definition) is 1. The zero-order valence-corrected chi connectivity index (χ0v) is 16.4. The summed E-state index contributed by atoms with van der Waals surface area (Å²) in [5, 5.41) is 3.20. The molecular formula is C20H19FN2O4S. The van der Waals surface area contributed by atoms with E-state index in [-0.39, 0.29) is 17.5 Å². The van der Waals surface area contributed by atoms with Gasteiger partial charge in [-0.15, -0.1) is 11.3 Å². The van der Waals surface area contributed by atoms with Gasteiger partial charge in [0.2, 0.25) is 5.75 Å². The minimum atomic E-state index is -0.385. The quantitative estimate of drug-likeness (QED) is 0.643. The lowest BCUT2D eigenvalue weighted by molar-refractivity contribution is 0.102. The highest BCUT2D eigenvalue weighted by atomic mass is 32.1. The summed E-state index contributed by atoms with van der Waals surface area (Å²) >= 11 is 1.33. The van der Waals surface area contributed by atoms with Crippen LogP contribution < -0.4 is 19.5 Å². The molecule has 146 valence electrons. The van der Waals surface area contributed by atoms with Crippen molar-refractivity contribution >= 4 is 22.4 Å². The van der Waals surface area contributed by atoms with Crippen molar-refractivity contribution in [2.45, 2.75) is 6.42 Å². The number of ether oxygens (including phenoxy) is 3. The summed E-state index contributed by atoms with van der Waals surface area (Å²) in [5.41, 5.74) is 1.13. The Hall–Kier alpha value is -3.13. The molecule has 0 saturated carbocycles. The molecule has 0 saturated heterocycles. The molecule has 1 aromatic heterocycles. The van der Waals surface area contributed by atoms with Gasteiger partial charge in [-0.05, 0) is 29.8 Å². The second-order valence-electron chi connectivity index (χ2n) is 5.77. The highest BCUT2D eigenvalue weighted by Crippen LogP contribution is 2.40. The third-order valence-electron chi connectivity index (χ3n) is 3.99. The maximum absolute atomic E-state index is 13.3. The molecule has 6 nitrogen and oxygen atoms in total. The molecule has 0 spiro atoms. The Bertz CT molecular complexity index is 990. The topological polar surface area (TPSA) is 69.7 Å². The summed E-state index contributed by atoms with van der Waals surface area (Å²) in [6.07, 6.45) is 2.20. The molecule has 3 aromatic rings. The maximum atomic E-state index is 13.3. The van der Waals surface area contributed by atoms with Crippen LogP contribution in [0.1, 0.15) is 20.8 Å². The van der Waals surface area contributed by atoms with Crippen molar-refractivity contribution in [3.63, 3.8) is 0 Å². The van der Waals surface area contributed by atoms with Gasteiger partial charge < -0.3 is 14.2 Å². The van der Waals surface area contributed by atoms with Gasteiger partial charge in [0.25, 0.3) is 5.91 Å². The SMILES string of the molecule is COc1ccc(C(=O)Nc2ncc(Cc3cccc(F)c3)s2)c(OC)c1OC. The number of aromatic nitrogens is 1. The molecule has 1 heterocycles. The van der Waals surface area contributed by atoms with E-state index in [2.05, 4.69) is 10.3 Å². The van der Waals surface area contributed by atoms with Crippen molar-refractivity contribution in [1.29, 1.82) is 0 Å². The van der Waals surface area contributed by atoms with Crippen molar-refractivity contribution in [2.24, 2.45) is 0 Å². The Balaban J connectivity index is 1.78. The van der Waals surface area contributed by atoms with Crippen molar-refractivity contribution in [2.75, 3.05) is 26.6 Å². The number of halogens is 1. The zero-order chi connectivity index (χ0) is 20.1. The van der Waals surface area contributed by atoms with Crippen LogP contribution in [0.4, 0.5) is 9.52 Å². The number of carbonyl (C=O) groups excluding carboxylic acids is 1. The van der Waals surface area contributed by atoms with Gasteiger partial charge in [-0.1, -0.05) is 12.1 Å². The van der Waals surface area contributed by atoms with E-state index in [0.717, 1.165) is 10.4 Å². The van der Waals surface area contributed by atoms with E-state index in [9.17, 15) is 9.18 Å². The largest absolute Gasteiger partial charge is 0.493 e. The summed E-state index contributed by atoms with van der Waals surface area (Å²) in [6, 6.07) is 9.61. The number of carbonyl (C=O) groups is 1. The highest BCUT2D eigenvalue weighted by molar-refractivity contribution is 7.15. The van der Waals surface area contributed by atoms with Crippen LogP contribution in [0, 0.1) is 5.82 Å². The predicted molar refractivity (Wildman–Crippen MR) is 105 cm³/mol. The van der Waals surface area contributed by atoms with Crippen molar-refractivity contribution < 1.29 is 23.4 Å². The van der Waals surface area contributed by atoms with Crippen molar-refractivity contribution in [3.05, 3.63) is 64.4 Å². The lowest BCUT2D eigenvalue weighted by Crippen LogP contribution is -2.13. The number of nitrogens with one attached hydrogen (secondary N) is 1. The lowest BCUT2D eigenvalue weighted by Gasteiger charge is -2.15. The molecule has 1 N–H and O–H groups in total. The minimum absolute atomic E-state index is 0.274. The number of hydrogen-bond acceptors (Lipinski definition) is 6. The molecule has 2 aromatic carbocycles. The first-order valence-electron chi connectivity index (χ1n) is 8.35. The van der Waals surface area contributed by atoms with E-state index >= 15 is 0 Å². The van der Waals surface area contributed by atoms with Crippen LogP contribution in [-0.4, -0.2) is 32.2 Å². The van der Waals surface area contributed by atoms with E-state index < -0.39 is 0 Å². The van der Waals surface area contributed by atoms with E-state index in [1.54, 1.807) is 24.4 Å². The fraction of sp³-hybridized carbons (Fsp3) is 0.200. The van der Waals surface area contributed by atoms with Gasteiger partial charge in [-0.3, -0.25) is 10.1 Å². The number of methoxy groups -OCH3 is 3. The first-order chi connectivity index (χ1) is 13.5. The Kier molecular flexibility index (Phi) is 6.10. The molecule has 3 rings (SSSR count). The number of thiazole rings is 1. The fourth-order valence-electron chi connectivity index (χ4n) is 2.74. The summed E-state index contributed by atoms with van der Waals surface area (Å²) < 4.78 is 29.2. The Labute approximate surface area is 165 Å². The second kappa shape index (κ2) is 8.71. The molecule has 0 radical (unpaired) electrons. The van der Waals surface area contributed by atoms with Gasteiger partial charge in [0.05, 0.1) is 26.9 Å². The van der Waals surface area contributed by atoms with Crippen LogP contribution in [0.5, 0.6) is 17.2 Å². The number of anilines is 1. The second-order valence-corrected chi connectivity index (χ2v) is 6.89. The smallest absolute Gasteiger partial charge is 0.261 e. The van der Waals surface area contributed by atoms with Gasteiger partial charge in [0.1, 0.15) is 5.82 Å². The summed E-state index contributed by atoms with van der Waals surface area (Å²) in [7, 11) is 4.43. The number of benzene rings is 2. The van der Waals surface area contributed by atoms with Crippen LogP contribution in [0.3, 0.4) is 0 Å². The van der Waals surface area contributed by atoms with Crippen LogP contribution in [0.15, 0.2) is 42.6 Å². The molecule has 0 aliphatic heterocycles. The van der Waals surface area contributed by atoms with Crippen molar-refractivity contribution in [3.8, 4) is 17.2 Å². The van der Waals surface area contributed by atoms with Gasteiger partial charge >= 0.3 is 0 Å². The van der Waals surface area contributed by atoms with Crippen LogP contribution in [-0.2, 0) is 6.42 Å². The molecule has 0 bridgehead atoms. The fourth-order valence-corrected chi connectivity index (χ4v) is 3.58. The monoisotopic (exact) mass is 402 g/mol. The first-order valence-corrected chi connectivity index (χ1v) is 9.16. The molecule has 0 unspecified atom stereocenters. The molecule has 0 aliphatic rings. The summed E-state index contributed by atoms with van der Waals surface area (Å²) in [5.74, 6) is 0.405. The summed E-state index contributed by atoms with van der Waals surface area (Å²) in [6.45, 7) is 0. The van der Waals surface area contributed by atoms with Crippen LogP contribution in [0.2, 0.25) is 0 Å². The predicted octanol–water partition coefficient (Wildman–Crippen LogP) is 4.15. The highest BCUT2D eigenvalue weighted by Gasteiger charge is 2.21. The van der Waals surface area contributed by atoms with Crippen molar-refractivity contribution in [1.82, 2.24) is 4.98 Å². The zero-order valence-electron chi connectivity index (χ0n) is 15.6. The van der Waals surface area contributed by atoms with E-state index in [1.807, 2.05) is 6.07 Å². The molecule has 0 atom stereocenters. The van der Waals surface area contributed by atoms with Crippen LogP contribution >= 0.6 is 11.3 Å². The van der Waals surface area contributed by atoms with Crippen LogP contribution in [0.25, 0.3) is 0 Å². The third kappa shape index (κ3) is 4.23. The molecule has 0 fully saturated rings. The molecule has 8 heteroatoms. The Morgan fingerprint density at radius 2 is 1.89 bits per heavy atom. The number of amides is 1. The van der Waals surface area contributed by atoms with Gasteiger partial charge in [-0.2, -0.15) is 0 Å².